The number of nitrogens with one attached hydrogen (secondary N) is 1. The third kappa shape index (κ3) is 2.61. The van der Waals surface area contributed by atoms with Crippen molar-refractivity contribution in [3.8, 4) is 5.75 Å². The van der Waals surface area contributed by atoms with Crippen molar-refractivity contribution < 1.29 is 9.15 Å². The van der Waals surface area contributed by atoms with E-state index in [9.17, 15) is 0 Å². The van der Waals surface area contributed by atoms with E-state index in [0.717, 1.165) is 24.4 Å². The molecule has 0 atom stereocenters. The van der Waals surface area contributed by atoms with Crippen LogP contribution in [0.3, 0.4) is 0 Å². The average molecular weight is 223 g/mol. The molecule has 0 saturated heterocycles. The van der Waals surface area contributed by atoms with Crippen LogP contribution in [0.15, 0.2) is 34.5 Å². The molecule has 2 aromatic rings. The van der Waals surface area contributed by atoms with Crippen molar-refractivity contribution in [3.63, 3.8) is 0 Å². The first-order valence-corrected chi connectivity index (χ1v) is 5.60. The molecule has 0 unspecified atom stereocenters. The largest absolute Gasteiger partial charge is 0.496 e. The van der Waals surface area contributed by atoms with Crippen LogP contribution in [0.4, 0.5) is 0 Å². The number of ether oxygens (including phenoxy) is 1. The molecule has 0 aliphatic carbocycles. The van der Waals surface area contributed by atoms with Gasteiger partial charge < -0.3 is 14.5 Å². The second-order valence-corrected chi connectivity index (χ2v) is 4.15. The summed E-state index contributed by atoms with van der Waals surface area (Å²) in [4.78, 5) is 1.22. The van der Waals surface area contributed by atoms with Crippen molar-refractivity contribution in [1.29, 1.82) is 0 Å². The predicted molar refractivity (Wildman–Crippen MR) is 60.1 cm³/mol. The predicted octanol–water partition coefficient (Wildman–Crippen LogP) is 2.64. The Labute approximate surface area is 92.7 Å². The van der Waals surface area contributed by atoms with Crippen LogP contribution in [-0.4, -0.2) is 7.11 Å². The molecule has 2 aromatic heterocycles. The lowest BCUT2D eigenvalue weighted by molar-refractivity contribution is 0.410. The molecule has 3 nitrogen and oxygen atoms in total. The summed E-state index contributed by atoms with van der Waals surface area (Å²) in [5, 5.41) is 5.37. The van der Waals surface area contributed by atoms with Crippen molar-refractivity contribution in [2.45, 2.75) is 13.1 Å². The summed E-state index contributed by atoms with van der Waals surface area (Å²) >= 11 is 1.70. The van der Waals surface area contributed by atoms with Crippen molar-refractivity contribution in [2.75, 3.05) is 7.11 Å². The standard InChI is InChI=1S/C11H13NO2S/c1-13-10-3-5-15-11(10)7-12-6-9-2-4-14-8-9/h2-5,8,12H,6-7H2,1H3. The van der Waals surface area contributed by atoms with Gasteiger partial charge in [-0.2, -0.15) is 0 Å². The number of methoxy groups -OCH3 is 1. The molecule has 4 heteroatoms. The van der Waals surface area contributed by atoms with Gasteiger partial charge in [0.15, 0.2) is 0 Å². The Bertz CT molecular complexity index is 394. The summed E-state index contributed by atoms with van der Waals surface area (Å²) < 4.78 is 10.2. The maximum atomic E-state index is 5.22. The number of hydrogen-bond acceptors (Lipinski definition) is 4. The molecule has 0 fully saturated rings. The van der Waals surface area contributed by atoms with Crippen LogP contribution in [-0.2, 0) is 13.1 Å². The Kier molecular flexibility index (Phi) is 3.42. The normalized spacial score (nSPS) is 10.5. The van der Waals surface area contributed by atoms with Crippen molar-refractivity contribution in [3.05, 3.63) is 40.5 Å². The number of rotatable bonds is 5. The fourth-order valence-electron chi connectivity index (χ4n) is 1.35. The summed E-state index contributed by atoms with van der Waals surface area (Å²) in [5.41, 5.74) is 1.16. The van der Waals surface area contributed by atoms with Gasteiger partial charge in [-0.3, -0.25) is 0 Å². The summed E-state index contributed by atoms with van der Waals surface area (Å²) in [6.07, 6.45) is 3.43. The minimum atomic E-state index is 0.817. The highest BCUT2D eigenvalue weighted by atomic mass is 32.1. The van der Waals surface area contributed by atoms with E-state index in [1.807, 2.05) is 17.5 Å². The Balaban J connectivity index is 1.83. The first-order valence-electron chi connectivity index (χ1n) is 4.72. The first kappa shape index (κ1) is 10.3. The third-order valence-electron chi connectivity index (χ3n) is 2.12. The highest BCUT2D eigenvalue weighted by Gasteiger charge is 2.03. The van der Waals surface area contributed by atoms with Crippen LogP contribution in [0.5, 0.6) is 5.75 Å². The van der Waals surface area contributed by atoms with E-state index in [-0.39, 0.29) is 0 Å². The van der Waals surface area contributed by atoms with Gasteiger partial charge >= 0.3 is 0 Å². The Morgan fingerprint density at radius 2 is 2.33 bits per heavy atom. The van der Waals surface area contributed by atoms with E-state index in [4.69, 9.17) is 9.15 Å². The van der Waals surface area contributed by atoms with Crippen LogP contribution < -0.4 is 10.1 Å². The topological polar surface area (TPSA) is 34.4 Å². The van der Waals surface area contributed by atoms with E-state index >= 15 is 0 Å². The maximum absolute atomic E-state index is 5.22. The van der Waals surface area contributed by atoms with Gasteiger partial charge in [0.05, 0.1) is 24.5 Å². The Morgan fingerprint density at radius 1 is 1.40 bits per heavy atom. The van der Waals surface area contributed by atoms with Gasteiger partial charge in [-0.25, -0.2) is 0 Å². The molecule has 80 valence electrons. The summed E-state index contributed by atoms with van der Waals surface area (Å²) in [6, 6.07) is 3.94. The van der Waals surface area contributed by atoms with E-state index in [2.05, 4.69) is 5.32 Å². The SMILES string of the molecule is COc1ccsc1CNCc1ccoc1. The fourth-order valence-corrected chi connectivity index (χ4v) is 2.16. The quantitative estimate of drug-likeness (QED) is 0.846. The molecular weight excluding hydrogens is 210 g/mol. The van der Waals surface area contributed by atoms with Crippen LogP contribution in [0.25, 0.3) is 0 Å². The monoisotopic (exact) mass is 223 g/mol. The lowest BCUT2D eigenvalue weighted by Crippen LogP contribution is -2.11. The Hall–Kier alpha value is -1.26. The van der Waals surface area contributed by atoms with Gasteiger partial charge in [0.1, 0.15) is 5.75 Å². The fraction of sp³-hybridized carbons (Fsp3) is 0.273. The zero-order valence-electron chi connectivity index (χ0n) is 8.53. The van der Waals surface area contributed by atoms with Gasteiger partial charge in [0.25, 0.3) is 0 Å². The van der Waals surface area contributed by atoms with Gasteiger partial charge in [-0.1, -0.05) is 0 Å². The minimum absolute atomic E-state index is 0.817. The van der Waals surface area contributed by atoms with Crippen molar-refractivity contribution in [1.82, 2.24) is 5.32 Å². The van der Waals surface area contributed by atoms with Gasteiger partial charge in [-0.15, -0.1) is 11.3 Å². The lowest BCUT2D eigenvalue weighted by Gasteiger charge is -2.03. The second-order valence-electron chi connectivity index (χ2n) is 3.15. The molecule has 1 N–H and O–H groups in total. The lowest BCUT2D eigenvalue weighted by atomic mass is 10.3. The van der Waals surface area contributed by atoms with E-state index in [0.29, 0.717) is 0 Å². The summed E-state index contributed by atoms with van der Waals surface area (Å²) in [5.74, 6) is 0.958. The second kappa shape index (κ2) is 5.00. The number of hydrogen-bond donors (Lipinski definition) is 1. The van der Waals surface area contributed by atoms with E-state index in [1.165, 1.54) is 4.88 Å². The van der Waals surface area contributed by atoms with Crippen molar-refractivity contribution in [2.24, 2.45) is 0 Å². The highest BCUT2D eigenvalue weighted by Crippen LogP contribution is 2.23. The Morgan fingerprint density at radius 3 is 3.07 bits per heavy atom. The summed E-state index contributed by atoms with van der Waals surface area (Å²) in [7, 11) is 1.70. The van der Waals surface area contributed by atoms with E-state index in [1.54, 1.807) is 31.0 Å². The van der Waals surface area contributed by atoms with Crippen LogP contribution >= 0.6 is 11.3 Å². The molecule has 0 saturated carbocycles. The molecule has 0 aliphatic rings. The molecule has 0 amide bonds. The molecule has 0 bridgehead atoms. The molecule has 0 aliphatic heterocycles. The molecule has 15 heavy (non-hydrogen) atoms. The van der Waals surface area contributed by atoms with Crippen LogP contribution in [0.1, 0.15) is 10.4 Å². The van der Waals surface area contributed by atoms with Gasteiger partial charge in [0, 0.05) is 18.7 Å². The minimum Gasteiger partial charge on any atom is -0.496 e. The van der Waals surface area contributed by atoms with Crippen molar-refractivity contribution >= 4 is 11.3 Å². The van der Waals surface area contributed by atoms with Gasteiger partial charge in [0.2, 0.25) is 0 Å². The molecular formula is C11H13NO2S. The van der Waals surface area contributed by atoms with E-state index < -0.39 is 0 Å². The van der Waals surface area contributed by atoms with Gasteiger partial charge in [-0.05, 0) is 17.5 Å². The molecule has 2 heterocycles. The highest BCUT2D eigenvalue weighted by molar-refractivity contribution is 7.10. The summed E-state index contributed by atoms with van der Waals surface area (Å²) in [6.45, 7) is 1.64. The first-order chi connectivity index (χ1) is 7.40. The average Bonchev–Trinajstić information content (AvgIpc) is 2.88. The zero-order chi connectivity index (χ0) is 10.5. The molecule has 0 spiro atoms. The molecule has 0 aromatic carbocycles. The zero-order valence-corrected chi connectivity index (χ0v) is 9.34. The smallest absolute Gasteiger partial charge is 0.134 e. The molecule has 2 rings (SSSR count). The van der Waals surface area contributed by atoms with Crippen LogP contribution in [0, 0.1) is 0 Å². The van der Waals surface area contributed by atoms with Crippen LogP contribution in [0.2, 0.25) is 0 Å². The molecule has 0 radical (unpaired) electrons. The third-order valence-corrected chi connectivity index (χ3v) is 3.02. The number of thiophene rings is 1. The maximum Gasteiger partial charge on any atom is 0.134 e. The number of furan rings is 1.